The van der Waals surface area contributed by atoms with Gasteiger partial charge >= 0.3 is 0 Å². The van der Waals surface area contributed by atoms with Crippen molar-refractivity contribution in [3.05, 3.63) is 59.7 Å². The molecule has 150 valence electrons. The van der Waals surface area contributed by atoms with E-state index in [0.29, 0.717) is 29.9 Å². The van der Waals surface area contributed by atoms with E-state index in [1.54, 1.807) is 52.2 Å². The number of carbonyl (C=O) groups is 2. The maximum atomic E-state index is 12.5. The van der Waals surface area contributed by atoms with Gasteiger partial charge in [-0.2, -0.15) is 4.31 Å². The van der Waals surface area contributed by atoms with Crippen LogP contribution in [0.1, 0.15) is 34.6 Å². The standard InChI is InChI=1S/C20H25N3O4S/c1-5-23(6-2)28(26,27)18-13-9-15(10-14-18)19(24)21-17-11-7-16(8-12-17)20(25)22(3)4/h7-14H,5-6H2,1-4H3,(H,21,24). The summed E-state index contributed by atoms with van der Waals surface area (Å²) < 4.78 is 26.4. The smallest absolute Gasteiger partial charge is 0.255 e. The molecule has 0 aromatic heterocycles. The van der Waals surface area contributed by atoms with E-state index >= 15 is 0 Å². The van der Waals surface area contributed by atoms with E-state index in [1.165, 1.54) is 33.5 Å². The number of carbonyl (C=O) groups excluding carboxylic acids is 2. The van der Waals surface area contributed by atoms with Crippen molar-refractivity contribution in [1.29, 1.82) is 0 Å². The maximum absolute atomic E-state index is 12.5. The van der Waals surface area contributed by atoms with Crippen LogP contribution in [0.5, 0.6) is 0 Å². The molecule has 0 saturated carbocycles. The second-order valence-electron chi connectivity index (χ2n) is 6.34. The van der Waals surface area contributed by atoms with E-state index in [9.17, 15) is 18.0 Å². The zero-order chi connectivity index (χ0) is 20.9. The fourth-order valence-electron chi connectivity index (χ4n) is 2.65. The highest BCUT2D eigenvalue weighted by molar-refractivity contribution is 7.89. The number of amides is 2. The average Bonchev–Trinajstić information content (AvgIpc) is 2.68. The van der Waals surface area contributed by atoms with Crippen LogP contribution < -0.4 is 5.32 Å². The van der Waals surface area contributed by atoms with Crippen LogP contribution in [0.4, 0.5) is 5.69 Å². The summed E-state index contributed by atoms with van der Waals surface area (Å²) in [5.74, 6) is -0.485. The van der Waals surface area contributed by atoms with E-state index in [1.807, 2.05) is 0 Å². The topological polar surface area (TPSA) is 86.8 Å². The molecule has 2 aromatic rings. The van der Waals surface area contributed by atoms with Crippen LogP contribution in [-0.2, 0) is 10.0 Å². The van der Waals surface area contributed by atoms with Crippen LogP contribution in [0, 0.1) is 0 Å². The van der Waals surface area contributed by atoms with Crippen LogP contribution in [0.15, 0.2) is 53.4 Å². The number of hydrogen-bond acceptors (Lipinski definition) is 4. The molecule has 0 bridgehead atoms. The van der Waals surface area contributed by atoms with Gasteiger partial charge in [-0.05, 0) is 48.5 Å². The summed E-state index contributed by atoms with van der Waals surface area (Å²) in [5, 5.41) is 2.73. The number of hydrogen-bond donors (Lipinski definition) is 1. The quantitative estimate of drug-likeness (QED) is 0.770. The van der Waals surface area contributed by atoms with Crippen LogP contribution in [0.3, 0.4) is 0 Å². The fraction of sp³-hybridized carbons (Fsp3) is 0.300. The molecule has 2 rings (SSSR count). The molecular weight excluding hydrogens is 378 g/mol. The Morgan fingerprint density at radius 2 is 1.36 bits per heavy atom. The Kier molecular flexibility index (Phi) is 6.93. The van der Waals surface area contributed by atoms with Crippen LogP contribution in [0.2, 0.25) is 0 Å². The number of nitrogens with one attached hydrogen (secondary N) is 1. The monoisotopic (exact) mass is 403 g/mol. The highest BCUT2D eigenvalue weighted by Gasteiger charge is 2.21. The minimum atomic E-state index is -3.56. The van der Waals surface area contributed by atoms with Crippen molar-refractivity contribution in [3.8, 4) is 0 Å². The number of sulfonamides is 1. The molecule has 7 nitrogen and oxygen atoms in total. The first-order chi connectivity index (χ1) is 13.2. The van der Waals surface area contributed by atoms with Crippen molar-refractivity contribution in [1.82, 2.24) is 9.21 Å². The molecule has 0 spiro atoms. The minimum Gasteiger partial charge on any atom is -0.345 e. The molecule has 0 aliphatic rings. The first kappa shape index (κ1) is 21.6. The van der Waals surface area contributed by atoms with Crippen molar-refractivity contribution in [2.45, 2.75) is 18.7 Å². The third-order valence-corrected chi connectivity index (χ3v) is 6.32. The van der Waals surface area contributed by atoms with E-state index in [0.717, 1.165) is 0 Å². The van der Waals surface area contributed by atoms with Gasteiger partial charge in [0.1, 0.15) is 0 Å². The fourth-order valence-corrected chi connectivity index (χ4v) is 4.11. The summed E-state index contributed by atoms with van der Waals surface area (Å²) in [6.07, 6.45) is 0. The molecule has 0 heterocycles. The van der Waals surface area contributed by atoms with Crippen molar-refractivity contribution in [2.24, 2.45) is 0 Å². The van der Waals surface area contributed by atoms with Gasteiger partial charge in [-0.25, -0.2) is 8.42 Å². The number of nitrogens with zero attached hydrogens (tertiary/aromatic N) is 2. The van der Waals surface area contributed by atoms with Crippen molar-refractivity contribution in [2.75, 3.05) is 32.5 Å². The van der Waals surface area contributed by atoms with Gasteiger partial charge in [0, 0.05) is 44.0 Å². The molecule has 1 N–H and O–H groups in total. The molecule has 0 radical (unpaired) electrons. The molecule has 0 unspecified atom stereocenters. The molecule has 2 amide bonds. The van der Waals surface area contributed by atoms with Crippen molar-refractivity contribution >= 4 is 27.5 Å². The van der Waals surface area contributed by atoms with E-state index in [2.05, 4.69) is 5.32 Å². The Balaban J connectivity index is 2.12. The molecule has 8 heteroatoms. The predicted molar refractivity (Wildman–Crippen MR) is 109 cm³/mol. The Hall–Kier alpha value is -2.71. The lowest BCUT2D eigenvalue weighted by Gasteiger charge is -2.18. The minimum absolute atomic E-state index is 0.122. The third kappa shape index (κ3) is 4.76. The van der Waals surface area contributed by atoms with Crippen molar-refractivity contribution < 1.29 is 18.0 Å². The molecule has 0 atom stereocenters. The summed E-state index contributed by atoms with van der Waals surface area (Å²) >= 11 is 0. The number of anilines is 1. The zero-order valence-corrected chi connectivity index (χ0v) is 17.3. The molecule has 0 aliphatic heterocycles. The summed E-state index contributed by atoms with van der Waals surface area (Å²) in [4.78, 5) is 25.9. The summed E-state index contributed by atoms with van der Waals surface area (Å²) in [6.45, 7) is 4.32. The molecule has 0 fully saturated rings. The molecule has 0 aliphatic carbocycles. The van der Waals surface area contributed by atoms with E-state index < -0.39 is 10.0 Å². The molecule has 28 heavy (non-hydrogen) atoms. The first-order valence-electron chi connectivity index (χ1n) is 8.94. The second-order valence-corrected chi connectivity index (χ2v) is 8.28. The third-order valence-electron chi connectivity index (χ3n) is 4.26. The highest BCUT2D eigenvalue weighted by Crippen LogP contribution is 2.17. The second kappa shape index (κ2) is 8.99. The normalized spacial score (nSPS) is 11.3. The Bertz CT molecular complexity index is 932. The largest absolute Gasteiger partial charge is 0.345 e. The number of rotatable bonds is 7. The predicted octanol–water partition coefficient (Wildman–Crippen LogP) is 2.67. The van der Waals surface area contributed by atoms with Gasteiger partial charge in [-0.1, -0.05) is 13.8 Å². The van der Waals surface area contributed by atoms with Gasteiger partial charge in [0.15, 0.2) is 0 Å². The summed E-state index contributed by atoms with van der Waals surface area (Å²) in [7, 11) is -0.219. The van der Waals surface area contributed by atoms with E-state index in [-0.39, 0.29) is 16.7 Å². The van der Waals surface area contributed by atoms with Crippen LogP contribution in [0.25, 0.3) is 0 Å². The Morgan fingerprint density at radius 3 is 1.82 bits per heavy atom. The molecule has 0 saturated heterocycles. The molecule has 2 aromatic carbocycles. The maximum Gasteiger partial charge on any atom is 0.255 e. The Morgan fingerprint density at radius 1 is 0.857 bits per heavy atom. The Labute approximate surface area is 166 Å². The molecular formula is C20H25N3O4S. The van der Waals surface area contributed by atoms with Gasteiger partial charge in [-0.15, -0.1) is 0 Å². The zero-order valence-electron chi connectivity index (χ0n) is 16.5. The number of benzene rings is 2. The average molecular weight is 404 g/mol. The lowest BCUT2D eigenvalue weighted by molar-refractivity contribution is 0.0827. The van der Waals surface area contributed by atoms with Crippen LogP contribution >= 0.6 is 0 Å². The van der Waals surface area contributed by atoms with Crippen LogP contribution in [-0.4, -0.2) is 56.6 Å². The van der Waals surface area contributed by atoms with Gasteiger partial charge < -0.3 is 10.2 Å². The highest BCUT2D eigenvalue weighted by atomic mass is 32.2. The summed E-state index contributed by atoms with van der Waals surface area (Å²) in [6, 6.07) is 12.4. The van der Waals surface area contributed by atoms with Gasteiger partial charge in [0.2, 0.25) is 10.0 Å². The lowest BCUT2D eigenvalue weighted by atomic mass is 10.1. The van der Waals surface area contributed by atoms with Crippen molar-refractivity contribution in [3.63, 3.8) is 0 Å². The van der Waals surface area contributed by atoms with Gasteiger partial charge in [0.05, 0.1) is 4.90 Å². The van der Waals surface area contributed by atoms with E-state index in [4.69, 9.17) is 0 Å². The summed E-state index contributed by atoms with van der Waals surface area (Å²) in [5.41, 5.74) is 1.40. The van der Waals surface area contributed by atoms with Gasteiger partial charge in [-0.3, -0.25) is 9.59 Å². The lowest BCUT2D eigenvalue weighted by Crippen LogP contribution is -2.30. The SMILES string of the molecule is CCN(CC)S(=O)(=O)c1ccc(C(=O)Nc2ccc(C(=O)N(C)C)cc2)cc1. The first-order valence-corrected chi connectivity index (χ1v) is 10.4. The van der Waals surface area contributed by atoms with Gasteiger partial charge in [0.25, 0.3) is 11.8 Å².